The molecule has 6 nitrogen and oxygen atoms in total. The number of carbonyl (C=O) groups excluding carboxylic acids is 1. The lowest BCUT2D eigenvalue weighted by molar-refractivity contribution is 0.155. The molecule has 0 spiro atoms. The van der Waals surface area contributed by atoms with Crippen LogP contribution in [0.1, 0.15) is 26.3 Å². The average Bonchev–Trinajstić information content (AvgIpc) is 2.72. The molecule has 2 aromatic rings. The summed E-state index contributed by atoms with van der Waals surface area (Å²) in [6.07, 6.45) is -0.704. The Morgan fingerprint density at radius 3 is 2.41 bits per heavy atom. The number of nitrogens with one attached hydrogen (secondary N) is 1. The summed E-state index contributed by atoms with van der Waals surface area (Å²) >= 11 is 0. The monoisotopic (exact) mass is 304 g/mol. The Bertz CT molecular complexity index is 657. The van der Waals surface area contributed by atoms with Crippen molar-refractivity contribution in [2.24, 2.45) is 0 Å². The van der Waals surface area contributed by atoms with Gasteiger partial charge in [0, 0.05) is 11.6 Å². The average molecular weight is 304 g/mol. The highest BCUT2D eigenvalue weighted by Gasteiger charge is 2.24. The van der Waals surface area contributed by atoms with Crippen molar-refractivity contribution in [2.75, 3.05) is 5.32 Å². The highest BCUT2D eigenvalue weighted by molar-refractivity contribution is 5.86. The van der Waals surface area contributed by atoms with Gasteiger partial charge in [-0.05, 0) is 26.3 Å². The minimum atomic E-state index is -0.704. The van der Waals surface area contributed by atoms with Crippen LogP contribution in [-0.4, -0.2) is 20.9 Å². The summed E-state index contributed by atoms with van der Waals surface area (Å²) in [5, 5.41) is 22.4. The van der Waals surface area contributed by atoms with E-state index in [1.807, 2.05) is 51.1 Å². The van der Waals surface area contributed by atoms with Crippen LogP contribution in [-0.2, 0) is 16.9 Å². The van der Waals surface area contributed by atoms with E-state index in [2.05, 4.69) is 5.32 Å². The first-order valence-electron chi connectivity index (χ1n) is 6.91. The molecule has 6 heteroatoms. The minimum absolute atomic E-state index is 0.102. The number of nitrogens with zero attached hydrogens (tertiary/aromatic N) is 1. The van der Waals surface area contributed by atoms with Crippen molar-refractivity contribution in [1.82, 2.24) is 4.57 Å². The number of benzene rings is 1. The van der Waals surface area contributed by atoms with Gasteiger partial charge in [0.25, 0.3) is 0 Å². The second kappa shape index (κ2) is 6.01. The Hall–Kier alpha value is -2.63. The molecule has 0 aliphatic heterocycles. The van der Waals surface area contributed by atoms with Gasteiger partial charge in [-0.2, -0.15) is 0 Å². The van der Waals surface area contributed by atoms with E-state index in [0.29, 0.717) is 0 Å². The van der Waals surface area contributed by atoms with Crippen LogP contribution in [0, 0.1) is 0 Å². The standard InChI is InChI=1S/C16H20N2O4/c1-16(2,3)18-13(19)9-12(14(18)20)17-15(21)22-10-11-7-5-4-6-8-11/h4-9,19-20H,10H2,1-3H3,(H,17,21). The molecule has 0 radical (unpaired) electrons. The van der Waals surface area contributed by atoms with Gasteiger partial charge in [0.15, 0.2) is 5.88 Å². The molecule has 0 unspecified atom stereocenters. The fourth-order valence-corrected chi connectivity index (χ4v) is 2.11. The Kier molecular flexibility index (Phi) is 4.30. The summed E-state index contributed by atoms with van der Waals surface area (Å²) in [5.74, 6) is -0.356. The normalized spacial score (nSPS) is 11.2. The van der Waals surface area contributed by atoms with Gasteiger partial charge < -0.3 is 14.9 Å². The van der Waals surface area contributed by atoms with E-state index < -0.39 is 11.6 Å². The third-order valence-corrected chi connectivity index (χ3v) is 3.08. The zero-order chi connectivity index (χ0) is 16.3. The summed E-state index contributed by atoms with van der Waals surface area (Å²) < 4.78 is 6.39. The van der Waals surface area contributed by atoms with Gasteiger partial charge in [-0.15, -0.1) is 0 Å². The summed E-state index contributed by atoms with van der Waals surface area (Å²) in [7, 11) is 0. The number of amides is 1. The number of hydrogen-bond donors (Lipinski definition) is 3. The fourth-order valence-electron chi connectivity index (χ4n) is 2.11. The summed E-state index contributed by atoms with van der Waals surface area (Å²) in [6, 6.07) is 10.5. The Balaban J connectivity index is 2.03. The van der Waals surface area contributed by atoms with Gasteiger partial charge in [-0.25, -0.2) is 4.79 Å². The molecule has 118 valence electrons. The highest BCUT2D eigenvalue weighted by atomic mass is 16.5. The molecule has 0 bridgehead atoms. The van der Waals surface area contributed by atoms with Crippen molar-refractivity contribution in [3.8, 4) is 11.8 Å². The maximum Gasteiger partial charge on any atom is 0.412 e. The molecule has 0 saturated carbocycles. The number of carbonyl (C=O) groups is 1. The molecule has 0 aliphatic carbocycles. The SMILES string of the molecule is CC(C)(C)n1c(O)cc(NC(=O)OCc2ccccc2)c1O. The van der Waals surface area contributed by atoms with E-state index in [0.717, 1.165) is 5.56 Å². The molecule has 1 aromatic heterocycles. The molecular formula is C16H20N2O4. The molecule has 1 aromatic carbocycles. The smallest absolute Gasteiger partial charge is 0.412 e. The summed E-state index contributed by atoms with van der Waals surface area (Å²) in [4.78, 5) is 11.8. The highest BCUT2D eigenvalue weighted by Crippen LogP contribution is 2.37. The van der Waals surface area contributed by atoms with Gasteiger partial charge in [0.1, 0.15) is 12.3 Å². The van der Waals surface area contributed by atoms with Crippen LogP contribution in [0.2, 0.25) is 0 Å². The molecule has 1 heterocycles. The van der Waals surface area contributed by atoms with Crippen LogP contribution >= 0.6 is 0 Å². The van der Waals surface area contributed by atoms with Crippen molar-refractivity contribution in [3.05, 3.63) is 42.0 Å². The van der Waals surface area contributed by atoms with Crippen LogP contribution in [0.15, 0.2) is 36.4 Å². The second-order valence-electron chi connectivity index (χ2n) is 5.93. The number of rotatable bonds is 3. The molecule has 0 fully saturated rings. The molecule has 1 amide bonds. The van der Waals surface area contributed by atoms with Crippen LogP contribution in [0.4, 0.5) is 10.5 Å². The second-order valence-corrected chi connectivity index (χ2v) is 5.93. The molecule has 22 heavy (non-hydrogen) atoms. The topological polar surface area (TPSA) is 83.7 Å². The first kappa shape index (κ1) is 15.8. The van der Waals surface area contributed by atoms with Crippen molar-refractivity contribution >= 4 is 11.8 Å². The number of anilines is 1. The van der Waals surface area contributed by atoms with E-state index in [1.165, 1.54) is 10.6 Å². The van der Waals surface area contributed by atoms with Gasteiger partial charge in [-0.1, -0.05) is 30.3 Å². The maximum atomic E-state index is 11.8. The van der Waals surface area contributed by atoms with Crippen LogP contribution in [0.25, 0.3) is 0 Å². The van der Waals surface area contributed by atoms with Crippen molar-refractivity contribution in [2.45, 2.75) is 32.9 Å². The molecule has 0 saturated heterocycles. The lowest BCUT2D eigenvalue weighted by atomic mass is 10.1. The van der Waals surface area contributed by atoms with Crippen LogP contribution in [0.3, 0.4) is 0 Å². The van der Waals surface area contributed by atoms with E-state index in [1.54, 1.807) is 0 Å². The lowest BCUT2D eigenvalue weighted by Crippen LogP contribution is -2.21. The van der Waals surface area contributed by atoms with Crippen molar-refractivity contribution < 1.29 is 19.7 Å². The number of aromatic hydroxyl groups is 2. The van der Waals surface area contributed by atoms with Gasteiger partial charge in [0.2, 0.25) is 5.88 Å². The van der Waals surface area contributed by atoms with Crippen molar-refractivity contribution in [3.63, 3.8) is 0 Å². The van der Waals surface area contributed by atoms with Crippen LogP contribution < -0.4 is 5.32 Å². The molecule has 2 rings (SSSR count). The van der Waals surface area contributed by atoms with E-state index in [9.17, 15) is 15.0 Å². The number of ether oxygens (including phenoxy) is 1. The zero-order valence-electron chi connectivity index (χ0n) is 12.8. The Morgan fingerprint density at radius 2 is 1.86 bits per heavy atom. The predicted octanol–water partition coefficient (Wildman–Crippen LogP) is 3.40. The largest absolute Gasteiger partial charge is 0.494 e. The summed E-state index contributed by atoms with van der Waals surface area (Å²) in [6.45, 7) is 5.59. The van der Waals surface area contributed by atoms with E-state index in [-0.39, 0.29) is 24.1 Å². The quantitative estimate of drug-likeness (QED) is 0.811. The maximum absolute atomic E-state index is 11.8. The third-order valence-electron chi connectivity index (χ3n) is 3.08. The van der Waals surface area contributed by atoms with Crippen molar-refractivity contribution in [1.29, 1.82) is 0 Å². The van der Waals surface area contributed by atoms with Gasteiger partial charge in [-0.3, -0.25) is 9.88 Å². The Labute approximate surface area is 129 Å². The van der Waals surface area contributed by atoms with E-state index >= 15 is 0 Å². The third kappa shape index (κ3) is 3.52. The zero-order valence-corrected chi connectivity index (χ0v) is 12.8. The molecule has 0 aliphatic rings. The number of hydrogen-bond acceptors (Lipinski definition) is 4. The van der Waals surface area contributed by atoms with Crippen LogP contribution in [0.5, 0.6) is 11.8 Å². The molecular weight excluding hydrogens is 284 g/mol. The molecule has 3 N–H and O–H groups in total. The predicted molar refractivity (Wildman–Crippen MR) is 83.0 cm³/mol. The number of aromatic nitrogens is 1. The lowest BCUT2D eigenvalue weighted by Gasteiger charge is -2.23. The van der Waals surface area contributed by atoms with Gasteiger partial charge in [0.05, 0.1) is 0 Å². The van der Waals surface area contributed by atoms with Gasteiger partial charge >= 0.3 is 6.09 Å². The first-order chi connectivity index (χ1) is 10.3. The fraction of sp³-hybridized carbons (Fsp3) is 0.312. The Morgan fingerprint density at radius 1 is 1.23 bits per heavy atom. The molecule has 0 atom stereocenters. The minimum Gasteiger partial charge on any atom is -0.494 e. The van der Waals surface area contributed by atoms with E-state index in [4.69, 9.17) is 4.74 Å². The first-order valence-corrected chi connectivity index (χ1v) is 6.91. The summed E-state index contributed by atoms with van der Waals surface area (Å²) in [5.41, 5.74) is 0.435.